The first-order valence-electron chi connectivity index (χ1n) is 7.14. The molecule has 7 heteroatoms. The normalized spacial score (nSPS) is 10.5. The van der Waals surface area contributed by atoms with Gasteiger partial charge >= 0.3 is 6.61 Å². The van der Waals surface area contributed by atoms with Crippen molar-refractivity contribution < 1.29 is 27.4 Å². The van der Waals surface area contributed by atoms with Crippen LogP contribution in [0, 0.1) is 5.82 Å². The van der Waals surface area contributed by atoms with Gasteiger partial charge in [-0.3, -0.25) is 4.79 Å². The third-order valence-corrected chi connectivity index (χ3v) is 3.18. The van der Waals surface area contributed by atoms with E-state index in [0.717, 1.165) is 0 Å². The first kappa shape index (κ1) is 17.7. The number of carbonyl (C=O) groups excluding carboxylic acids is 1. The molecule has 0 radical (unpaired) electrons. The highest BCUT2D eigenvalue weighted by Crippen LogP contribution is 2.16. The van der Waals surface area contributed by atoms with Crippen LogP contribution < -0.4 is 9.47 Å². The maximum atomic E-state index is 12.8. The Kier molecular flexibility index (Phi) is 6.06. The van der Waals surface area contributed by atoms with Crippen LogP contribution in [-0.4, -0.2) is 37.6 Å². The summed E-state index contributed by atoms with van der Waals surface area (Å²) in [5, 5.41) is 0. The van der Waals surface area contributed by atoms with E-state index in [1.54, 1.807) is 7.05 Å². The van der Waals surface area contributed by atoms with Gasteiger partial charge in [-0.15, -0.1) is 0 Å². The van der Waals surface area contributed by atoms with Crippen LogP contribution in [0.4, 0.5) is 13.2 Å². The molecule has 2 aromatic rings. The second-order valence-corrected chi connectivity index (χ2v) is 4.93. The highest BCUT2D eigenvalue weighted by Gasteiger charge is 2.12. The van der Waals surface area contributed by atoms with Gasteiger partial charge in [0.05, 0.1) is 6.54 Å². The Hall–Kier alpha value is -2.70. The number of alkyl halides is 2. The van der Waals surface area contributed by atoms with Crippen molar-refractivity contribution >= 4 is 5.91 Å². The van der Waals surface area contributed by atoms with E-state index in [2.05, 4.69) is 4.74 Å². The number of hydrogen-bond acceptors (Lipinski definition) is 3. The minimum atomic E-state index is -2.90. The highest BCUT2D eigenvalue weighted by molar-refractivity contribution is 5.94. The van der Waals surface area contributed by atoms with Crippen LogP contribution in [0.25, 0.3) is 0 Å². The molecule has 2 aromatic carbocycles. The summed E-state index contributed by atoms with van der Waals surface area (Å²) in [6.45, 7) is -2.36. The van der Waals surface area contributed by atoms with Gasteiger partial charge in [0.15, 0.2) is 0 Å². The highest BCUT2D eigenvalue weighted by atomic mass is 19.3. The number of nitrogens with zero attached hydrogens (tertiary/aromatic N) is 1. The van der Waals surface area contributed by atoms with Crippen molar-refractivity contribution in [1.82, 2.24) is 4.90 Å². The zero-order valence-corrected chi connectivity index (χ0v) is 12.9. The molecule has 128 valence electrons. The van der Waals surface area contributed by atoms with Crippen molar-refractivity contribution in [1.29, 1.82) is 0 Å². The molecule has 2 rings (SSSR count). The van der Waals surface area contributed by atoms with Gasteiger partial charge in [-0.2, -0.15) is 8.78 Å². The van der Waals surface area contributed by atoms with E-state index in [-0.39, 0.29) is 24.1 Å². The molecule has 0 saturated carbocycles. The summed E-state index contributed by atoms with van der Waals surface area (Å²) in [5.74, 6) is -0.134. The van der Waals surface area contributed by atoms with Crippen molar-refractivity contribution in [2.24, 2.45) is 0 Å². The molecule has 24 heavy (non-hydrogen) atoms. The van der Waals surface area contributed by atoms with Gasteiger partial charge in [0.25, 0.3) is 5.91 Å². The molecule has 4 nitrogen and oxygen atoms in total. The Morgan fingerprint density at radius 3 is 2.21 bits per heavy atom. The van der Waals surface area contributed by atoms with Crippen molar-refractivity contribution in [2.75, 3.05) is 20.2 Å². The van der Waals surface area contributed by atoms with E-state index < -0.39 is 6.61 Å². The van der Waals surface area contributed by atoms with Crippen LogP contribution in [0.15, 0.2) is 48.5 Å². The lowest BCUT2D eigenvalue weighted by Gasteiger charge is -2.17. The van der Waals surface area contributed by atoms with E-state index in [1.807, 2.05) is 0 Å². The lowest BCUT2D eigenvalue weighted by atomic mass is 10.2. The van der Waals surface area contributed by atoms with Gasteiger partial charge in [-0.25, -0.2) is 4.39 Å². The summed E-state index contributed by atoms with van der Waals surface area (Å²) in [6, 6.07) is 11.0. The third-order valence-electron chi connectivity index (χ3n) is 3.18. The van der Waals surface area contributed by atoms with Crippen molar-refractivity contribution in [3.63, 3.8) is 0 Å². The van der Waals surface area contributed by atoms with Gasteiger partial charge < -0.3 is 14.4 Å². The minimum absolute atomic E-state index is 0.0103. The molecular formula is C17H16F3NO3. The predicted molar refractivity (Wildman–Crippen MR) is 81.9 cm³/mol. The minimum Gasteiger partial charge on any atom is -0.492 e. The fourth-order valence-corrected chi connectivity index (χ4v) is 1.93. The summed E-state index contributed by atoms with van der Waals surface area (Å²) < 4.78 is 46.6. The zero-order valence-electron chi connectivity index (χ0n) is 12.9. The Morgan fingerprint density at radius 2 is 1.62 bits per heavy atom. The molecule has 0 N–H and O–H groups in total. The molecule has 0 aliphatic heterocycles. The maximum absolute atomic E-state index is 12.8. The molecule has 0 aliphatic carbocycles. The van der Waals surface area contributed by atoms with Crippen LogP contribution in [0.2, 0.25) is 0 Å². The van der Waals surface area contributed by atoms with Crippen LogP contribution in [0.3, 0.4) is 0 Å². The number of halogens is 3. The number of likely N-dealkylation sites (N-methyl/N-ethyl adjacent to an activating group) is 1. The van der Waals surface area contributed by atoms with Gasteiger partial charge in [-0.05, 0) is 48.5 Å². The van der Waals surface area contributed by atoms with Gasteiger partial charge in [0.2, 0.25) is 0 Å². The number of amides is 1. The lowest BCUT2D eigenvalue weighted by Crippen LogP contribution is -2.30. The Bertz CT molecular complexity index is 660. The number of hydrogen-bond donors (Lipinski definition) is 0. The van der Waals surface area contributed by atoms with E-state index in [1.165, 1.54) is 53.4 Å². The van der Waals surface area contributed by atoms with E-state index >= 15 is 0 Å². The molecule has 0 aromatic heterocycles. The van der Waals surface area contributed by atoms with Crippen molar-refractivity contribution in [3.05, 3.63) is 59.9 Å². The summed E-state index contributed by atoms with van der Waals surface area (Å²) in [6.07, 6.45) is 0. The van der Waals surface area contributed by atoms with E-state index in [4.69, 9.17) is 4.74 Å². The maximum Gasteiger partial charge on any atom is 0.387 e. The first-order valence-corrected chi connectivity index (χ1v) is 7.14. The molecule has 0 spiro atoms. The monoisotopic (exact) mass is 339 g/mol. The van der Waals surface area contributed by atoms with Crippen LogP contribution in [0.5, 0.6) is 11.5 Å². The quantitative estimate of drug-likeness (QED) is 0.774. The second-order valence-electron chi connectivity index (χ2n) is 4.93. The SMILES string of the molecule is CN(CCOc1ccc(F)cc1)C(=O)c1ccc(OC(F)F)cc1. The predicted octanol–water partition coefficient (Wildman–Crippen LogP) is 3.58. The molecule has 0 unspecified atom stereocenters. The van der Waals surface area contributed by atoms with Crippen LogP contribution in [0.1, 0.15) is 10.4 Å². The largest absolute Gasteiger partial charge is 0.492 e. The number of carbonyl (C=O) groups is 1. The topological polar surface area (TPSA) is 38.8 Å². The molecule has 0 bridgehead atoms. The summed E-state index contributed by atoms with van der Waals surface area (Å²) >= 11 is 0. The molecular weight excluding hydrogens is 323 g/mol. The van der Waals surface area contributed by atoms with E-state index in [9.17, 15) is 18.0 Å². The first-order chi connectivity index (χ1) is 11.5. The van der Waals surface area contributed by atoms with Crippen LogP contribution >= 0.6 is 0 Å². The smallest absolute Gasteiger partial charge is 0.387 e. The molecule has 0 aliphatic rings. The average molecular weight is 339 g/mol. The second kappa shape index (κ2) is 8.24. The van der Waals surface area contributed by atoms with Crippen LogP contribution in [-0.2, 0) is 0 Å². The Morgan fingerprint density at radius 1 is 1.04 bits per heavy atom. The molecule has 0 saturated heterocycles. The fraction of sp³-hybridized carbons (Fsp3) is 0.235. The summed E-state index contributed by atoms with van der Waals surface area (Å²) in [4.78, 5) is 13.6. The molecule has 0 atom stereocenters. The van der Waals surface area contributed by atoms with Gasteiger partial charge in [-0.1, -0.05) is 0 Å². The molecule has 0 heterocycles. The zero-order chi connectivity index (χ0) is 17.5. The fourth-order valence-electron chi connectivity index (χ4n) is 1.93. The summed E-state index contributed by atoms with van der Waals surface area (Å²) in [7, 11) is 1.60. The Labute approximate surface area is 137 Å². The van der Waals surface area contributed by atoms with Crippen molar-refractivity contribution in [3.8, 4) is 11.5 Å². The molecule has 0 fully saturated rings. The van der Waals surface area contributed by atoms with Gasteiger partial charge in [0, 0.05) is 12.6 Å². The molecule has 1 amide bonds. The number of rotatable bonds is 7. The standard InChI is InChI=1S/C17H16F3NO3/c1-21(10-11-23-14-8-4-13(18)5-9-14)16(22)12-2-6-15(7-3-12)24-17(19)20/h2-9,17H,10-11H2,1H3. The van der Waals surface area contributed by atoms with Gasteiger partial charge in [0.1, 0.15) is 23.9 Å². The van der Waals surface area contributed by atoms with Crippen molar-refractivity contribution in [2.45, 2.75) is 6.61 Å². The number of ether oxygens (including phenoxy) is 2. The average Bonchev–Trinajstić information content (AvgIpc) is 2.56. The Balaban J connectivity index is 1.84. The van der Waals surface area contributed by atoms with E-state index in [0.29, 0.717) is 17.9 Å². The third kappa shape index (κ3) is 5.19. The number of benzene rings is 2. The lowest BCUT2D eigenvalue weighted by molar-refractivity contribution is -0.0498. The summed E-state index contributed by atoms with van der Waals surface area (Å²) in [5.41, 5.74) is 0.348.